The van der Waals surface area contributed by atoms with Crippen molar-refractivity contribution in [3.05, 3.63) is 71.8 Å². The smallest absolute Gasteiger partial charge is 0.221 e. The first-order chi connectivity index (χ1) is 9.66. The summed E-state index contributed by atoms with van der Waals surface area (Å²) in [5.41, 5.74) is 2.21. The molecule has 0 fully saturated rings. The van der Waals surface area contributed by atoms with Gasteiger partial charge in [-0.25, -0.2) is 0 Å². The van der Waals surface area contributed by atoms with E-state index in [2.05, 4.69) is 19.2 Å². The molecule has 0 aliphatic carbocycles. The summed E-state index contributed by atoms with van der Waals surface area (Å²) in [5.74, 6) is 0.458. The Balaban J connectivity index is 2.24. The molecule has 2 aromatic carbocycles. The molecule has 104 valence electrons. The van der Waals surface area contributed by atoms with Crippen molar-refractivity contribution in [3.8, 4) is 0 Å². The molecule has 0 aromatic heterocycles. The van der Waals surface area contributed by atoms with Crippen molar-refractivity contribution < 1.29 is 4.79 Å². The van der Waals surface area contributed by atoms with E-state index >= 15 is 0 Å². The number of hydrogen-bond acceptors (Lipinski definition) is 1. The fraction of sp³-hybridized carbons (Fsp3) is 0.278. The lowest BCUT2D eigenvalue weighted by atomic mass is 9.98. The van der Waals surface area contributed by atoms with Crippen molar-refractivity contribution in [3.63, 3.8) is 0 Å². The Kier molecular flexibility index (Phi) is 4.94. The molecular weight excluding hydrogens is 246 g/mol. The zero-order valence-corrected chi connectivity index (χ0v) is 12.0. The van der Waals surface area contributed by atoms with Gasteiger partial charge in [0.2, 0.25) is 5.91 Å². The van der Waals surface area contributed by atoms with E-state index in [0.717, 1.165) is 11.1 Å². The van der Waals surface area contributed by atoms with Crippen molar-refractivity contribution in [2.75, 3.05) is 0 Å². The molecule has 20 heavy (non-hydrogen) atoms. The van der Waals surface area contributed by atoms with Gasteiger partial charge in [0.15, 0.2) is 0 Å². The fourth-order valence-corrected chi connectivity index (χ4v) is 2.24. The van der Waals surface area contributed by atoms with E-state index < -0.39 is 0 Å². The Hall–Kier alpha value is -2.09. The maximum atomic E-state index is 12.1. The summed E-state index contributed by atoms with van der Waals surface area (Å²) in [6.07, 6.45) is 0.552. The topological polar surface area (TPSA) is 29.1 Å². The third kappa shape index (κ3) is 3.95. The molecule has 2 rings (SSSR count). The lowest BCUT2D eigenvalue weighted by molar-refractivity contribution is -0.122. The van der Waals surface area contributed by atoms with Crippen LogP contribution in [0.2, 0.25) is 0 Å². The van der Waals surface area contributed by atoms with Crippen molar-refractivity contribution in [2.45, 2.75) is 26.3 Å². The molecule has 0 aliphatic heterocycles. The Morgan fingerprint density at radius 3 is 1.75 bits per heavy atom. The highest BCUT2D eigenvalue weighted by molar-refractivity contribution is 5.77. The van der Waals surface area contributed by atoms with E-state index in [1.807, 2.05) is 60.7 Å². The number of carbonyl (C=O) groups is 1. The van der Waals surface area contributed by atoms with Crippen LogP contribution >= 0.6 is 0 Å². The largest absolute Gasteiger partial charge is 0.345 e. The summed E-state index contributed by atoms with van der Waals surface area (Å²) in [6.45, 7) is 4.11. The average Bonchev–Trinajstić information content (AvgIpc) is 2.46. The fourth-order valence-electron chi connectivity index (χ4n) is 2.24. The molecule has 0 aliphatic rings. The Bertz CT molecular complexity index is 494. The van der Waals surface area contributed by atoms with Crippen molar-refractivity contribution >= 4 is 5.91 Å². The highest BCUT2D eigenvalue weighted by Gasteiger charge is 2.16. The number of rotatable bonds is 5. The number of nitrogens with one attached hydrogen (secondary N) is 1. The number of amides is 1. The summed E-state index contributed by atoms with van der Waals surface area (Å²) in [4.78, 5) is 12.1. The first-order valence-electron chi connectivity index (χ1n) is 7.06. The molecule has 0 radical (unpaired) electrons. The molecule has 1 N–H and O–H groups in total. The van der Waals surface area contributed by atoms with E-state index in [1.54, 1.807) is 0 Å². The summed E-state index contributed by atoms with van der Waals surface area (Å²) in [7, 11) is 0. The summed E-state index contributed by atoms with van der Waals surface area (Å²) in [5, 5.41) is 3.14. The van der Waals surface area contributed by atoms with Crippen LogP contribution in [0.3, 0.4) is 0 Å². The Labute approximate surface area is 120 Å². The molecule has 0 spiro atoms. The zero-order chi connectivity index (χ0) is 14.4. The van der Waals surface area contributed by atoms with Crippen LogP contribution in [0.25, 0.3) is 0 Å². The lowest BCUT2D eigenvalue weighted by Gasteiger charge is -2.20. The van der Waals surface area contributed by atoms with E-state index in [-0.39, 0.29) is 11.9 Å². The summed E-state index contributed by atoms with van der Waals surface area (Å²) in [6, 6.07) is 20.1. The van der Waals surface area contributed by atoms with Gasteiger partial charge < -0.3 is 5.32 Å². The minimum absolute atomic E-state index is 0.0800. The van der Waals surface area contributed by atoms with Crippen LogP contribution < -0.4 is 5.32 Å². The number of hydrogen-bond donors (Lipinski definition) is 1. The molecule has 2 heteroatoms. The van der Waals surface area contributed by atoms with E-state index in [9.17, 15) is 4.79 Å². The van der Waals surface area contributed by atoms with E-state index in [1.165, 1.54) is 0 Å². The molecule has 0 unspecified atom stereocenters. The summed E-state index contributed by atoms with van der Waals surface area (Å²) >= 11 is 0. The molecule has 0 atom stereocenters. The van der Waals surface area contributed by atoms with Gasteiger partial charge in [0, 0.05) is 6.42 Å². The van der Waals surface area contributed by atoms with Crippen molar-refractivity contribution in [2.24, 2.45) is 5.92 Å². The summed E-state index contributed by atoms with van der Waals surface area (Å²) < 4.78 is 0. The van der Waals surface area contributed by atoms with Crippen LogP contribution in [0, 0.1) is 5.92 Å². The van der Waals surface area contributed by atoms with Crippen LogP contribution in [-0.4, -0.2) is 5.91 Å². The second-order valence-electron chi connectivity index (χ2n) is 5.42. The Morgan fingerprint density at radius 2 is 1.35 bits per heavy atom. The predicted octanol–water partition coefficient (Wildman–Crippen LogP) is 3.94. The van der Waals surface area contributed by atoms with Gasteiger partial charge in [-0.1, -0.05) is 74.5 Å². The van der Waals surface area contributed by atoms with Gasteiger partial charge in [0.05, 0.1) is 6.04 Å². The van der Waals surface area contributed by atoms with Crippen molar-refractivity contribution in [1.29, 1.82) is 0 Å². The molecule has 1 amide bonds. The number of carbonyl (C=O) groups excluding carboxylic acids is 1. The minimum Gasteiger partial charge on any atom is -0.345 e. The highest BCUT2D eigenvalue weighted by atomic mass is 16.1. The third-order valence-corrected chi connectivity index (χ3v) is 3.16. The van der Waals surface area contributed by atoms with Gasteiger partial charge in [-0.05, 0) is 17.0 Å². The van der Waals surface area contributed by atoms with Crippen LogP contribution in [-0.2, 0) is 4.79 Å². The SMILES string of the molecule is CC(C)CC(=O)NC(c1ccccc1)c1ccccc1. The zero-order valence-electron chi connectivity index (χ0n) is 12.0. The first kappa shape index (κ1) is 14.3. The maximum absolute atomic E-state index is 12.1. The molecule has 0 saturated carbocycles. The van der Waals surface area contributed by atoms with Crippen LogP contribution in [0.4, 0.5) is 0 Å². The highest BCUT2D eigenvalue weighted by Crippen LogP contribution is 2.22. The molecule has 2 nitrogen and oxygen atoms in total. The molecule has 0 bridgehead atoms. The van der Waals surface area contributed by atoms with Crippen LogP contribution in [0.5, 0.6) is 0 Å². The third-order valence-electron chi connectivity index (χ3n) is 3.16. The second-order valence-corrected chi connectivity index (χ2v) is 5.42. The standard InChI is InChI=1S/C18H21NO/c1-14(2)13-17(20)19-18(15-9-5-3-6-10-15)16-11-7-4-8-12-16/h3-12,14,18H,13H2,1-2H3,(H,19,20). The predicted molar refractivity (Wildman–Crippen MR) is 82.3 cm³/mol. The van der Waals surface area contributed by atoms with Gasteiger partial charge in [0.25, 0.3) is 0 Å². The Morgan fingerprint density at radius 1 is 0.900 bits per heavy atom. The molecule has 0 heterocycles. The maximum Gasteiger partial charge on any atom is 0.221 e. The molecule has 0 saturated heterocycles. The first-order valence-corrected chi connectivity index (χ1v) is 7.06. The number of benzene rings is 2. The molecular formula is C18H21NO. The quantitative estimate of drug-likeness (QED) is 0.873. The van der Waals surface area contributed by atoms with Gasteiger partial charge in [-0.15, -0.1) is 0 Å². The van der Waals surface area contributed by atoms with Gasteiger partial charge in [0.1, 0.15) is 0 Å². The molecule has 2 aromatic rings. The van der Waals surface area contributed by atoms with Crippen molar-refractivity contribution in [1.82, 2.24) is 5.32 Å². The average molecular weight is 267 g/mol. The normalized spacial score (nSPS) is 10.8. The van der Waals surface area contributed by atoms with Gasteiger partial charge in [-0.3, -0.25) is 4.79 Å². The monoisotopic (exact) mass is 267 g/mol. The van der Waals surface area contributed by atoms with Gasteiger partial charge >= 0.3 is 0 Å². The van der Waals surface area contributed by atoms with Crippen LogP contribution in [0.1, 0.15) is 37.4 Å². The second kappa shape index (κ2) is 6.90. The van der Waals surface area contributed by atoms with E-state index in [0.29, 0.717) is 12.3 Å². The minimum atomic E-state index is -0.0800. The van der Waals surface area contributed by atoms with Crippen LogP contribution in [0.15, 0.2) is 60.7 Å². The lowest BCUT2D eigenvalue weighted by Crippen LogP contribution is -2.30. The van der Waals surface area contributed by atoms with E-state index in [4.69, 9.17) is 0 Å². The van der Waals surface area contributed by atoms with Gasteiger partial charge in [-0.2, -0.15) is 0 Å².